The van der Waals surface area contributed by atoms with Gasteiger partial charge in [0.1, 0.15) is 0 Å². The predicted octanol–water partition coefficient (Wildman–Crippen LogP) is 8.70. The highest BCUT2D eigenvalue weighted by atomic mass is 32.2. The number of carboxylic acids is 1. The average Bonchev–Trinajstić information content (AvgIpc) is 2.77. The molecule has 0 fully saturated rings. The van der Waals surface area contributed by atoms with Crippen molar-refractivity contribution < 1.29 is 22.9 Å². The fourth-order valence-electron chi connectivity index (χ4n) is 3.12. The summed E-state index contributed by atoms with van der Waals surface area (Å²) in [6, 6.07) is 0. The van der Waals surface area contributed by atoms with E-state index in [1.165, 1.54) is 77.0 Å². The zero-order chi connectivity index (χ0) is 26.7. The van der Waals surface area contributed by atoms with Crippen LogP contribution in [0.4, 0.5) is 0 Å². The van der Waals surface area contributed by atoms with Crippen LogP contribution in [0, 0.1) is 0 Å². The Balaban J connectivity index is -0.000000438. The van der Waals surface area contributed by atoms with Gasteiger partial charge in [-0.25, -0.2) is 0 Å². The normalized spacial score (nSPS) is 11.1. The monoisotopic (exact) mass is 544 g/mol. The highest BCUT2D eigenvalue weighted by Crippen LogP contribution is 2.39. The average molecular weight is 545 g/mol. The maximum atomic E-state index is 9.62. The summed E-state index contributed by atoms with van der Waals surface area (Å²) in [7, 11) is -3.48. The minimum Gasteiger partial charge on any atom is -0.480 e. The molecular weight excluding hydrogens is 486 g/mol. The van der Waals surface area contributed by atoms with Gasteiger partial charge in [0.25, 0.3) is 10.1 Å². The summed E-state index contributed by atoms with van der Waals surface area (Å²) in [5.41, 5.74) is 0. The molecule has 0 radical (unpaired) electrons. The molecule has 0 aliphatic carbocycles. The maximum Gasteiger partial charge on any atom is 0.321 e. The number of rotatable bonds is 20. The van der Waals surface area contributed by atoms with Crippen LogP contribution >= 0.6 is 15.8 Å². The third kappa shape index (κ3) is 36.8. The first-order valence-corrected chi connectivity index (χ1v) is 19.1. The van der Waals surface area contributed by atoms with Crippen LogP contribution in [0.25, 0.3) is 0 Å². The molecule has 0 bridgehead atoms. The fraction of sp³-hybridized carbons (Fsp3) is 0.962. The van der Waals surface area contributed by atoms with Gasteiger partial charge >= 0.3 is 5.97 Å². The molecule has 0 aliphatic rings. The molecule has 0 aliphatic heterocycles. The van der Waals surface area contributed by atoms with E-state index in [9.17, 15) is 13.2 Å². The molecule has 0 spiro atoms. The minimum absolute atomic E-state index is 0.422. The van der Waals surface area contributed by atoms with E-state index in [-0.39, 0.29) is 0 Å². The molecule has 0 unspecified atom stereocenters. The molecule has 0 rings (SSSR count). The summed E-state index contributed by atoms with van der Waals surface area (Å²) in [6.07, 6.45) is 26.4. The van der Waals surface area contributed by atoms with Gasteiger partial charge in [0.15, 0.2) is 5.75 Å². The van der Waals surface area contributed by atoms with E-state index in [0.717, 1.165) is 0 Å². The first kappa shape index (κ1) is 38.8. The number of hydrogen-bond acceptors (Lipinski definition) is 3. The van der Waals surface area contributed by atoms with Crippen LogP contribution in [0.3, 0.4) is 0 Å². The van der Waals surface area contributed by atoms with Gasteiger partial charge in [-0.2, -0.15) is 8.42 Å². The lowest BCUT2D eigenvalue weighted by molar-refractivity contribution is -0.134. The molecule has 0 amide bonds. The van der Waals surface area contributed by atoms with Crippen molar-refractivity contribution in [3.05, 3.63) is 0 Å². The largest absolute Gasteiger partial charge is 0.480 e. The van der Waals surface area contributed by atoms with E-state index in [0.29, 0.717) is 15.8 Å². The third-order valence-electron chi connectivity index (χ3n) is 5.27. The number of carboxylic acid groups (broad SMARTS) is 1. The van der Waals surface area contributed by atoms with Crippen molar-refractivity contribution in [3.63, 3.8) is 0 Å². The number of carbonyl (C=O) groups is 1. The second-order valence-electron chi connectivity index (χ2n) is 8.92. The lowest BCUT2D eigenvalue weighted by Gasteiger charge is -2.16. The molecule has 2 N–H and O–H groups in total. The number of aliphatic carboxylic acids is 1. The molecule has 0 saturated carbocycles. The van der Waals surface area contributed by atoms with Gasteiger partial charge in [0.05, 0.1) is 0 Å². The lowest BCUT2D eigenvalue weighted by atomic mass is 10.4. The second kappa shape index (κ2) is 29.5. The Kier molecular flexibility index (Phi) is 33.6. The topological polar surface area (TPSA) is 91.7 Å². The lowest BCUT2D eigenvalue weighted by Crippen LogP contribution is -2.13. The summed E-state index contributed by atoms with van der Waals surface area (Å²) in [5.74, 6) is -2.79. The molecule has 0 aromatic rings. The Morgan fingerprint density at radius 3 is 0.853 bits per heavy atom. The summed E-state index contributed by atoms with van der Waals surface area (Å²) in [4.78, 5) is 9.48. The highest BCUT2D eigenvalue weighted by Gasteiger charge is 2.09. The van der Waals surface area contributed by atoms with Crippen LogP contribution in [0.2, 0.25) is 0 Å². The predicted molar refractivity (Wildman–Crippen MR) is 157 cm³/mol. The van der Waals surface area contributed by atoms with Crippen LogP contribution in [0.15, 0.2) is 0 Å². The molecule has 0 saturated heterocycles. The first-order valence-electron chi connectivity index (χ1n) is 13.7. The van der Waals surface area contributed by atoms with Crippen molar-refractivity contribution in [3.8, 4) is 0 Å². The molecule has 208 valence electrons. The Morgan fingerprint density at radius 1 is 0.559 bits per heavy atom. The van der Waals surface area contributed by atoms with Crippen LogP contribution in [0.1, 0.15) is 119 Å². The minimum atomic E-state index is -4.32. The molecule has 8 heteroatoms. The van der Waals surface area contributed by atoms with Crippen molar-refractivity contribution in [2.45, 2.75) is 119 Å². The van der Waals surface area contributed by atoms with Crippen molar-refractivity contribution in [1.29, 1.82) is 0 Å². The Morgan fingerprint density at radius 2 is 0.765 bits per heavy atom. The quantitative estimate of drug-likeness (QED) is 0.118. The fourth-order valence-corrected chi connectivity index (χ4v) is 9.35. The maximum absolute atomic E-state index is 9.62. The Hall–Kier alpha value is 0.240. The standard InChI is InChI=1S/2C12H27P.C2H4O5S/c2*1-4-7-10-13(11-8-5-2)12-9-6-3;3-2(4)1-8(5,6)7/h2*4-12H2,1-3H3;1H2,(H,3,4)(H,5,6,7). The second-order valence-corrected chi connectivity index (χ2v) is 15.7. The smallest absolute Gasteiger partial charge is 0.321 e. The molecule has 0 aromatic heterocycles. The van der Waals surface area contributed by atoms with Gasteiger partial charge in [-0.1, -0.05) is 80.1 Å². The van der Waals surface area contributed by atoms with Gasteiger partial charge in [0, 0.05) is 0 Å². The summed E-state index contributed by atoms with van der Waals surface area (Å²) in [6.45, 7) is 13.9. The van der Waals surface area contributed by atoms with E-state index in [1.54, 1.807) is 37.0 Å². The van der Waals surface area contributed by atoms with Crippen molar-refractivity contribution in [2.24, 2.45) is 0 Å². The SMILES string of the molecule is CCCCP(CCCC)CCCC.CCCCP(CCCC)CCCC.O=C(O)CS(=O)(=O)O. The molecule has 0 aromatic carbocycles. The molecule has 34 heavy (non-hydrogen) atoms. The van der Waals surface area contributed by atoms with Gasteiger partial charge in [-0.15, -0.1) is 15.8 Å². The molecule has 0 atom stereocenters. The van der Waals surface area contributed by atoms with Crippen LogP contribution in [0.5, 0.6) is 0 Å². The molecular formula is C26H58O5P2S. The Bertz CT molecular complexity index is 453. The van der Waals surface area contributed by atoms with E-state index in [2.05, 4.69) is 41.5 Å². The van der Waals surface area contributed by atoms with Crippen molar-refractivity contribution in [2.75, 3.05) is 42.7 Å². The van der Waals surface area contributed by atoms with Gasteiger partial charge in [-0.05, 0) is 75.5 Å². The van der Waals surface area contributed by atoms with E-state index in [4.69, 9.17) is 9.66 Å². The Labute approximate surface area is 215 Å². The van der Waals surface area contributed by atoms with E-state index in [1.807, 2.05) is 0 Å². The van der Waals surface area contributed by atoms with E-state index >= 15 is 0 Å². The summed E-state index contributed by atoms with van der Waals surface area (Å²) < 4.78 is 27.0. The molecule has 5 nitrogen and oxygen atoms in total. The van der Waals surface area contributed by atoms with Crippen molar-refractivity contribution >= 4 is 31.9 Å². The van der Waals surface area contributed by atoms with E-state index < -0.39 is 21.8 Å². The van der Waals surface area contributed by atoms with Crippen LogP contribution < -0.4 is 0 Å². The highest BCUT2D eigenvalue weighted by molar-refractivity contribution is 7.86. The van der Waals surface area contributed by atoms with Crippen LogP contribution in [-0.4, -0.2) is 66.8 Å². The van der Waals surface area contributed by atoms with Gasteiger partial charge in [0.2, 0.25) is 0 Å². The van der Waals surface area contributed by atoms with Gasteiger partial charge < -0.3 is 5.11 Å². The summed E-state index contributed by atoms with van der Waals surface area (Å²) >= 11 is 0. The zero-order valence-corrected chi connectivity index (χ0v) is 26.0. The number of unbranched alkanes of at least 4 members (excludes halogenated alkanes) is 6. The first-order chi connectivity index (χ1) is 16.1. The third-order valence-corrected chi connectivity index (χ3v) is 11.6. The van der Waals surface area contributed by atoms with Crippen molar-refractivity contribution in [1.82, 2.24) is 0 Å². The molecule has 0 heterocycles. The van der Waals surface area contributed by atoms with Crippen LogP contribution in [-0.2, 0) is 14.9 Å². The number of hydrogen-bond donors (Lipinski definition) is 2. The summed E-state index contributed by atoms with van der Waals surface area (Å²) in [5, 5.41) is 7.71. The zero-order valence-electron chi connectivity index (χ0n) is 23.4. The van der Waals surface area contributed by atoms with Gasteiger partial charge in [-0.3, -0.25) is 9.35 Å².